The highest BCUT2D eigenvalue weighted by Crippen LogP contribution is 2.29. The van der Waals surface area contributed by atoms with Crippen molar-refractivity contribution in [2.24, 2.45) is 0 Å². The summed E-state index contributed by atoms with van der Waals surface area (Å²) in [7, 11) is 0. The number of phenols is 1. The number of amides is 1. The molecule has 0 aliphatic rings. The first kappa shape index (κ1) is 14.6. The zero-order valence-electron chi connectivity index (χ0n) is 11.0. The van der Waals surface area contributed by atoms with E-state index in [2.05, 4.69) is 0 Å². The molecule has 0 aliphatic heterocycles. The fraction of sp³-hybridized carbons (Fsp3) is 0.462. The van der Waals surface area contributed by atoms with Crippen molar-refractivity contribution in [2.75, 3.05) is 0 Å². The zero-order chi connectivity index (χ0) is 14.1. The SMILES string of the molecule is Cc1cc(CN(C(=O)O)C(C)(C)C)cc(Cl)c1O. The molecule has 2 N–H and O–H groups in total. The van der Waals surface area contributed by atoms with Gasteiger partial charge in [-0.1, -0.05) is 17.7 Å². The molecule has 0 fully saturated rings. The van der Waals surface area contributed by atoms with E-state index < -0.39 is 11.6 Å². The van der Waals surface area contributed by atoms with Crippen molar-refractivity contribution in [3.63, 3.8) is 0 Å². The summed E-state index contributed by atoms with van der Waals surface area (Å²) in [6.45, 7) is 7.45. The van der Waals surface area contributed by atoms with Gasteiger partial charge in [0.15, 0.2) is 0 Å². The molecule has 1 amide bonds. The summed E-state index contributed by atoms with van der Waals surface area (Å²) in [5, 5.41) is 19.0. The molecule has 0 saturated heterocycles. The number of carboxylic acid groups (broad SMARTS) is 1. The molecular formula is C13H18ClNO3. The van der Waals surface area contributed by atoms with Crippen molar-refractivity contribution < 1.29 is 15.0 Å². The maximum atomic E-state index is 11.2. The summed E-state index contributed by atoms with van der Waals surface area (Å²) in [6, 6.07) is 3.33. The average Bonchev–Trinajstić information content (AvgIpc) is 2.20. The molecular weight excluding hydrogens is 254 g/mol. The van der Waals surface area contributed by atoms with Crippen LogP contribution in [0.15, 0.2) is 12.1 Å². The van der Waals surface area contributed by atoms with E-state index >= 15 is 0 Å². The second-order valence-electron chi connectivity index (χ2n) is 5.28. The van der Waals surface area contributed by atoms with Crippen molar-refractivity contribution in [2.45, 2.75) is 39.8 Å². The van der Waals surface area contributed by atoms with Gasteiger partial charge < -0.3 is 10.2 Å². The van der Waals surface area contributed by atoms with Gasteiger partial charge >= 0.3 is 6.09 Å². The molecule has 0 saturated carbocycles. The lowest BCUT2D eigenvalue weighted by molar-refractivity contribution is 0.0955. The predicted octanol–water partition coefficient (Wildman–Crippen LogP) is 3.63. The summed E-state index contributed by atoms with van der Waals surface area (Å²) < 4.78 is 0. The Morgan fingerprint density at radius 1 is 1.39 bits per heavy atom. The molecule has 1 aromatic rings. The third-order valence-corrected chi connectivity index (χ3v) is 2.98. The minimum absolute atomic E-state index is 0.0399. The normalized spacial score (nSPS) is 11.4. The third-order valence-electron chi connectivity index (χ3n) is 2.70. The molecule has 0 atom stereocenters. The van der Waals surface area contributed by atoms with Crippen LogP contribution in [0.4, 0.5) is 4.79 Å². The highest BCUT2D eigenvalue weighted by molar-refractivity contribution is 6.32. The topological polar surface area (TPSA) is 60.8 Å². The summed E-state index contributed by atoms with van der Waals surface area (Å²) in [6.07, 6.45) is -0.982. The Kier molecular flexibility index (Phi) is 4.12. The molecule has 0 spiro atoms. The van der Waals surface area contributed by atoms with E-state index in [9.17, 15) is 15.0 Å². The molecule has 1 rings (SSSR count). The molecule has 0 unspecified atom stereocenters. The van der Waals surface area contributed by atoms with Gasteiger partial charge in [-0.2, -0.15) is 0 Å². The number of benzene rings is 1. The van der Waals surface area contributed by atoms with Crippen molar-refractivity contribution in [1.29, 1.82) is 0 Å². The minimum atomic E-state index is -0.982. The number of halogens is 1. The van der Waals surface area contributed by atoms with Crippen molar-refractivity contribution in [1.82, 2.24) is 4.90 Å². The number of phenolic OH excluding ortho intramolecular Hbond substituents is 1. The Labute approximate surface area is 112 Å². The number of aryl methyl sites for hydroxylation is 1. The Morgan fingerprint density at radius 2 is 1.94 bits per heavy atom. The lowest BCUT2D eigenvalue weighted by atomic mass is 10.0. The Balaban J connectivity index is 3.06. The number of nitrogens with zero attached hydrogens (tertiary/aromatic N) is 1. The number of aromatic hydroxyl groups is 1. The number of rotatable bonds is 2. The van der Waals surface area contributed by atoms with Crippen molar-refractivity contribution in [3.05, 3.63) is 28.3 Å². The molecule has 0 heterocycles. The van der Waals surface area contributed by atoms with E-state index in [1.54, 1.807) is 19.1 Å². The average molecular weight is 272 g/mol. The molecule has 0 bridgehead atoms. The summed E-state index contributed by atoms with van der Waals surface area (Å²) in [5.74, 6) is 0.0399. The molecule has 1 aromatic carbocycles. The second kappa shape index (κ2) is 5.06. The van der Waals surface area contributed by atoms with Crippen molar-refractivity contribution in [3.8, 4) is 5.75 Å². The van der Waals surface area contributed by atoms with Gasteiger partial charge in [0.1, 0.15) is 5.75 Å². The third kappa shape index (κ3) is 3.29. The predicted molar refractivity (Wildman–Crippen MR) is 71.2 cm³/mol. The molecule has 0 aromatic heterocycles. The first-order valence-electron chi connectivity index (χ1n) is 5.61. The lowest BCUT2D eigenvalue weighted by Crippen LogP contribution is -2.44. The number of carbonyl (C=O) groups is 1. The van der Waals surface area contributed by atoms with Crippen LogP contribution in [0.3, 0.4) is 0 Å². The van der Waals surface area contributed by atoms with Crippen molar-refractivity contribution >= 4 is 17.7 Å². The fourth-order valence-electron chi connectivity index (χ4n) is 1.67. The Hall–Kier alpha value is -1.42. The maximum Gasteiger partial charge on any atom is 0.408 e. The maximum absolute atomic E-state index is 11.2. The highest BCUT2D eigenvalue weighted by Gasteiger charge is 2.26. The Bertz CT molecular complexity index is 443. The van der Waals surface area contributed by atoms with Gasteiger partial charge in [-0.25, -0.2) is 4.79 Å². The van der Waals surface area contributed by atoms with E-state index in [0.29, 0.717) is 5.56 Å². The van der Waals surface area contributed by atoms with Crippen LogP contribution in [-0.2, 0) is 6.54 Å². The van der Waals surface area contributed by atoms with Gasteiger partial charge in [-0.05, 0) is 44.9 Å². The fourth-order valence-corrected chi connectivity index (χ4v) is 1.96. The van der Waals surface area contributed by atoms with Crippen LogP contribution in [0.2, 0.25) is 5.02 Å². The molecule has 5 heteroatoms. The standard InChI is InChI=1S/C13H18ClNO3/c1-8-5-9(6-10(14)11(8)16)7-15(12(17)18)13(2,3)4/h5-6,16H,7H2,1-4H3,(H,17,18). The van der Waals surface area contributed by atoms with Crippen LogP contribution < -0.4 is 0 Å². The van der Waals surface area contributed by atoms with Gasteiger partial charge in [0.25, 0.3) is 0 Å². The molecule has 0 aliphatic carbocycles. The first-order valence-corrected chi connectivity index (χ1v) is 5.99. The van der Waals surface area contributed by atoms with Gasteiger partial charge in [-0.3, -0.25) is 4.90 Å². The smallest absolute Gasteiger partial charge is 0.408 e. The molecule has 100 valence electrons. The zero-order valence-corrected chi connectivity index (χ0v) is 11.7. The van der Waals surface area contributed by atoms with Gasteiger partial charge in [0, 0.05) is 12.1 Å². The van der Waals surface area contributed by atoms with E-state index in [1.165, 1.54) is 4.90 Å². The van der Waals surface area contributed by atoms with Gasteiger partial charge in [-0.15, -0.1) is 0 Å². The van der Waals surface area contributed by atoms with E-state index in [4.69, 9.17) is 11.6 Å². The first-order chi connectivity index (χ1) is 8.12. The number of hydrogen-bond acceptors (Lipinski definition) is 2. The molecule has 0 radical (unpaired) electrons. The lowest BCUT2D eigenvalue weighted by Gasteiger charge is -2.33. The molecule has 4 nitrogen and oxygen atoms in total. The van der Waals surface area contributed by atoms with Crippen LogP contribution >= 0.6 is 11.6 Å². The number of hydrogen-bond donors (Lipinski definition) is 2. The summed E-state index contributed by atoms with van der Waals surface area (Å²) in [5.41, 5.74) is 0.897. The van der Waals surface area contributed by atoms with Crippen LogP contribution in [0.5, 0.6) is 5.75 Å². The Morgan fingerprint density at radius 3 is 2.33 bits per heavy atom. The van der Waals surface area contributed by atoms with E-state index in [1.807, 2.05) is 20.8 Å². The largest absolute Gasteiger partial charge is 0.506 e. The second-order valence-corrected chi connectivity index (χ2v) is 5.69. The van der Waals surface area contributed by atoms with E-state index in [0.717, 1.165) is 5.56 Å². The summed E-state index contributed by atoms with van der Waals surface area (Å²) >= 11 is 5.88. The van der Waals surface area contributed by atoms with E-state index in [-0.39, 0.29) is 17.3 Å². The molecule has 18 heavy (non-hydrogen) atoms. The minimum Gasteiger partial charge on any atom is -0.506 e. The van der Waals surface area contributed by atoms with Crippen LogP contribution in [-0.4, -0.2) is 26.7 Å². The monoisotopic (exact) mass is 271 g/mol. The summed E-state index contributed by atoms with van der Waals surface area (Å²) in [4.78, 5) is 12.6. The highest BCUT2D eigenvalue weighted by atomic mass is 35.5. The van der Waals surface area contributed by atoms with Gasteiger partial charge in [0.2, 0.25) is 0 Å². The van der Waals surface area contributed by atoms with Crippen LogP contribution in [0.25, 0.3) is 0 Å². The quantitative estimate of drug-likeness (QED) is 0.863. The van der Waals surface area contributed by atoms with Crippen LogP contribution in [0.1, 0.15) is 31.9 Å². The van der Waals surface area contributed by atoms with Gasteiger partial charge in [0.05, 0.1) is 5.02 Å². The van der Waals surface area contributed by atoms with Crippen LogP contribution in [0, 0.1) is 6.92 Å².